The number of para-hydroxylation sites is 2. The van der Waals surface area contributed by atoms with Gasteiger partial charge in [-0.1, -0.05) is 30.3 Å². The Bertz CT molecular complexity index is 1400. The van der Waals surface area contributed by atoms with E-state index < -0.39 is 11.6 Å². The normalized spacial score (nSPS) is 11.1. The monoisotopic (exact) mass is 413 g/mol. The van der Waals surface area contributed by atoms with Crippen LogP contribution in [0.15, 0.2) is 87.7 Å². The summed E-state index contributed by atoms with van der Waals surface area (Å²) in [7, 11) is 0. The second-order valence-corrected chi connectivity index (χ2v) is 7.06. The van der Waals surface area contributed by atoms with Crippen LogP contribution in [0.2, 0.25) is 0 Å². The van der Waals surface area contributed by atoms with Crippen LogP contribution in [0.4, 0.5) is 10.1 Å². The van der Waals surface area contributed by atoms with Crippen molar-refractivity contribution in [3.63, 3.8) is 0 Å². The molecule has 0 aliphatic heterocycles. The number of fused-ring (bicyclic) bond motifs is 2. The Kier molecular flexibility index (Phi) is 4.59. The van der Waals surface area contributed by atoms with E-state index in [1.807, 2.05) is 24.3 Å². The van der Waals surface area contributed by atoms with Crippen molar-refractivity contribution in [3.05, 3.63) is 102 Å². The number of anilines is 1. The lowest BCUT2D eigenvalue weighted by molar-refractivity contribution is 0.0978. The summed E-state index contributed by atoms with van der Waals surface area (Å²) in [4.78, 5) is 25.7. The third-order valence-electron chi connectivity index (χ3n) is 5.03. The maximum absolute atomic E-state index is 13.3. The van der Waals surface area contributed by atoms with Gasteiger partial charge in [0.2, 0.25) is 11.6 Å². The number of rotatable bonds is 6. The minimum atomic E-state index is -0.434. The van der Waals surface area contributed by atoms with Crippen LogP contribution in [0.5, 0.6) is 0 Å². The van der Waals surface area contributed by atoms with Crippen LogP contribution in [0.3, 0.4) is 0 Å². The highest BCUT2D eigenvalue weighted by atomic mass is 19.1. The summed E-state index contributed by atoms with van der Waals surface area (Å²) in [5.41, 5.74) is 1.83. The zero-order valence-corrected chi connectivity index (χ0v) is 16.2. The van der Waals surface area contributed by atoms with Gasteiger partial charge in [-0.3, -0.25) is 9.59 Å². The van der Waals surface area contributed by atoms with Crippen molar-refractivity contribution in [2.45, 2.75) is 0 Å². The predicted octanol–water partition coefficient (Wildman–Crippen LogP) is 5.84. The fourth-order valence-electron chi connectivity index (χ4n) is 3.49. The third-order valence-corrected chi connectivity index (χ3v) is 5.03. The first-order valence-electron chi connectivity index (χ1n) is 9.67. The fourth-order valence-corrected chi connectivity index (χ4v) is 3.49. The van der Waals surface area contributed by atoms with Crippen LogP contribution in [-0.4, -0.2) is 18.1 Å². The minimum Gasteiger partial charge on any atom is -0.453 e. The zero-order chi connectivity index (χ0) is 21.4. The summed E-state index contributed by atoms with van der Waals surface area (Å²) in [5.74, 6) is -0.814. The lowest BCUT2D eigenvalue weighted by Crippen LogP contribution is -2.15. The Morgan fingerprint density at radius 3 is 2.32 bits per heavy atom. The number of ketones is 2. The molecule has 6 heteroatoms. The van der Waals surface area contributed by atoms with Crippen molar-refractivity contribution in [3.8, 4) is 0 Å². The average molecular weight is 413 g/mol. The largest absolute Gasteiger partial charge is 0.453 e. The van der Waals surface area contributed by atoms with Crippen LogP contribution in [0.1, 0.15) is 26.7 Å². The summed E-state index contributed by atoms with van der Waals surface area (Å²) in [5, 5.41) is 4.55. The molecule has 0 saturated heterocycles. The first kappa shape index (κ1) is 18.8. The highest BCUT2D eigenvalue weighted by Gasteiger charge is 2.23. The number of carbonyl (C=O) groups is 2. The third kappa shape index (κ3) is 3.48. The molecule has 3 aromatic carbocycles. The quantitative estimate of drug-likeness (QED) is 0.354. The van der Waals surface area contributed by atoms with Crippen LogP contribution >= 0.6 is 0 Å². The first-order chi connectivity index (χ1) is 15.1. The van der Waals surface area contributed by atoms with Crippen LogP contribution in [-0.2, 0) is 0 Å². The van der Waals surface area contributed by atoms with Gasteiger partial charge in [0.25, 0.3) is 0 Å². The number of benzene rings is 3. The van der Waals surface area contributed by atoms with Gasteiger partial charge in [-0.15, -0.1) is 0 Å². The highest BCUT2D eigenvalue weighted by molar-refractivity contribution is 6.15. The molecule has 0 saturated carbocycles. The highest BCUT2D eigenvalue weighted by Crippen LogP contribution is 2.32. The van der Waals surface area contributed by atoms with E-state index in [-0.39, 0.29) is 29.4 Å². The Morgan fingerprint density at radius 2 is 1.55 bits per heavy atom. The molecular formula is C25H16FNO4. The maximum Gasteiger partial charge on any atom is 0.230 e. The Balaban J connectivity index is 1.47. The Morgan fingerprint density at radius 1 is 0.839 bits per heavy atom. The van der Waals surface area contributed by atoms with Crippen molar-refractivity contribution in [1.29, 1.82) is 0 Å². The molecule has 1 N–H and O–H groups in total. The Labute approximate surface area is 176 Å². The van der Waals surface area contributed by atoms with Crippen molar-refractivity contribution in [2.24, 2.45) is 0 Å². The van der Waals surface area contributed by atoms with Gasteiger partial charge < -0.3 is 14.2 Å². The zero-order valence-electron chi connectivity index (χ0n) is 16.2. The second-order valence-electron chi connectivity index (χ2n) is 7.06. The molecule has 2 aromatic heterocycles. The standard InChI is InChI=1S/C25H16FNO4/c26-17-11-9-15(10-12-17)24(29)25-23(18-6-2-4-8-21(18)31-25)27-14-19(28)22-13-16-5-1-3-7-20(16)30-22/h1-13,27H,14H2. The first-order valence-corrected chi connectivity index (χ1v) is 9.67. The molecule has 0 unspecified atom stereocenters. The van der Waals surface area contributed by atoms with Gasteiger partial charge in [0.15, 0.2) is 11.5 Å². The molecular weight excluding hydrogens is 397 g/mol. The molecule has 31 heavy (non-hydrogen) atoms. The van der Waals surface area contributed by atoms with Crippen molar-refractivity contribution in [2.75, 3.05) is 11.9 Å². The van der Waals surface area contributed by atoms with E-state index in [0.29, 0.717) is 22.2 Å². The summed E-state index contributed by atoms with van der Waals surface area (Å²) in [6.07, 6.45) is 0. The van der Waals surface area contributed by atoms with Crippen LogP contribution in [0, 0.1) is 5.82 Å². The van der Waals surface area contributed by atoms with E-state index in [4.69, 9.17) is 8.83 Å². The fraction of sp³-hybridized carbons (Fsp3) is 0.0400. The number of hydrogen-bond acceptors (Lipinski definition) is 5. The predicted molar refractivity (Wildman–Crippen MR) is 115 cm³/mol. The van der Waals surface area contributed by atoms with Crippen LogP contribution in [0.25, 0.3) is 21.9 Å². The van der Waals surface area contributed by atoms with Crippen molar-refractivity contribution < 1.29 is 22.8 Å². The summed E-state index contributed by atoms with van der Waals surface area (Å²) in [6.45, 7) is -0.0902. The number of carbonyl (C=O) groups excluding carboxylic acids is 2. The van der Waals surface area contributed by atoms with Gasteiger partial charge in [-0.25, -0.2) is 4.39 Å². The number of halogens is 1. The Hall–Kier alpha value is -4.19. The number of nitrogens with one attached hydrogen (secondary N) is 1. The molecule has 0 radical (unpaired) electrons. The van der Waals surface area contributed by atoms with E-state index in [0.717, 1.165) is 5.39 Å². The molecule has 5 aromatic rings. The molecule has 152 valence electrons. The molecule has 0 amide bonds. The molecule has 0 fully saturated rings. The topological polar surface area (TPSA) is 72.5 Å². The minimum absolute atomic E-state index is 0.0604. The SMILES string of the molecule is O=C(CNc1c(C(=O)c2ccc(F)cc2)oc2ccccc12)c1cc2ccccc2o1. The lowest BCUT2D eigenvalue weighted by Gasteiger charge is -2.06. The van der Waals surface area contributed by atoms with Gasteiger partial charge in [-0.05, 0) is 48.5 Å². The number of Topliss-reactive ketones (excluding diaryl/α,β-unsaturated/α-hetero) is 1. The molecule has 0 aliphatic carbocycles. The molecule has 0 aliphatic rings. The van der Waals surface area contributed by atoms with Gasteiger partial charge in [0, 0.05) is 16.3 Å². The van der Waals surface area contributed by atoms with Gasteiger partial charge in [0.05, 0.1) is 12.2 Å². The molecule has 5 nitrogen and oxygen atoms in total. The summed E-state index contributed by atoms with van der Waals surface area (Å²) >= 11 is 0. The number of furan rings is 2. The molecule has 0 bridgehead atoms. The van der Waals surface area contributed by atoms with E-state index in [2.05, 4.69) is 5.32 Å². The van der Waals surface area contributed by atoms with Gasteiger partial charge in [0.1, 0.15) is 17.0 Å². The smallest absolute Gasteiger partial charge is 0.230 e. The molecule has 0 atom stereocenters. The van der Waals surface area contributed by atoms with E-state index in [9.17, 15) is 14.0 Å². The number of hydrogen-bond donors (Lipinski definition) is 1. The summed E-state index contributed by atoms with van der Waals surface area (Å²) in [6, 6.07) is 21.4. The van der Waals surface area contributed by atoms with Crippen molar-refractivity contribution in [1.82, 2.24) is 0 Å². The van der Waals surface area contributed by atoms with E-state index >= 15 is 0 Å². The van der Waals surface area contributed by atoms with E-state index in [1.54, 1.807) is 30.3 Å². The van der Waals surface area contributed by atoms with Crippen LogP contribution < -0.4 is 5.32 Å². The van der Waals surface area contributed by atoms with Crippen molar-refractivity contribution >= 4 is 39.2 Å². The maximum atomic E-state index is 13.3. The molecule has 0 spiro atoms. The van der Waals surface area contributed by atoms with Gasteiger partial charge >= 0.3 is 0 Å². The summed E-state index contributed by atoms with van der Waals surface area (Å²) < 4.78 is 24.7. The average Bonchev–Trinajstić information content (AvgIpc) is 3.39. The molecule has 2 heterocycles. The molecule has 5 rings (SSSR count). The lowest BCUT2D eigenvalue weighted by atomic mass is 10.1. The second kappa shape index (κ2) is 7.57. The van der Waals surface area contributed by atoms with Gasteiger partial charge in [-0.2, -0.15) is 0 Å². The van der Waals surface area contributed by atoms with E-state index in [1.165, 1.54) is 24.3 Å².